The van der Waals surface area contributed by atoms with Gasteiger partial charge in [0.05, 0.1) is 4.83 Å². The summed E-state index contributed by atoms with van der Waals surface area (Å²) < 4.78 is 26.5. The predicted octanol–water partition coefficient (Wildman–Crippen LogP) is 5.07. The van der Waals surface area contributed by atoms with E-state index in [0.717, 1.165) is 17.4 Å². The van der Waals surface area contributed by atoms with E-state index in [1.165, 1.54) is 17.7 Å². The van der Waals surface area contributed by atoms with Gasteiger partial charge in [-0.15, -0.1) is 11.3 Å². The van der Waals surface area contributed by atoms with E-state index >= 15 is 0 Å². The van der Waals surface area contributed by atoms with Gasteiger partial charge in [-0.3, -0.25) is 0 Å². The van der Waals surface area contributed by atoms with Gasteiger partial charge in [0.1, 0.15) is 11.6 Å². The van der Waals surface area contributed by atoms with Crippen LogP contribution in [0.4, 0.5) is 8.78 Å². The van der Waals surface area contributed by atoms with Gasteiger partial charge in [0.25, 0.3) is 0 Å². The minimum absolute atomic E-state index is 0.210. The van der Waals surface area contributed by atoms with Gasteiger partial charge >= 0.3 is 0 Å². The van der Waals surface area contributed by atoms with E-state index in [4.69, 9.17) is 0 Å². The van der Waals surface area contributed by atoms with Crippen LogP contribution < -0.4 is 0 Å². The lowest BCUT2D eigenvalue weighted by Crippen LogP contribution is -1.97. The summed E-state index contributed by atoms with van der Waals surface area (Å²) >= 11 is 5.07. The summed E-state index contributed by atoms with van der Waals surface area (Å²) in [6.07, 6.45) is 0.906. The summed E-state index contributed by atoms with van der Waals surface area (Å²) in [7, 11) is 0. The number of aryl methyl sites for hydroxylation is 1. The summed E-state index contributed by atoms with van der Waals surface area (Å²) in [5.74, 6) is -1.06. The molecule has 0 saturated carbocycles. The summed E-state index contributed by atoms with van der Waals surface area (Å²) in [5, 5.41) is 1.99. The lowest BCUT2D eigenvalue weighted by Gasteiger charge is -2.11. The predicted molar refractivity (Wildman–Crippen MR) is 70.8 cm³/mol. The molecule has 0 radical (unpaired) electrons. The second-order valence-electron chi connectivity index (χ2n) is 3.69. The third kappa shape index (κ3) is 2.58. The van der Waals surface area contributed by atoms with Gasteiger partial charge < -0.3 is 0 Å². The number of halogens is 3. The van der Waals surface area contributed by atoms with Crippen LogP contribution in [0.2, 0.25) is 0 Å². The fourth-order valence-electron chi connectivity index (χ4n) is 1.71. The molecule has 2 aromatic rings. The maximum atomic E-state index is 13.7. The number of hydrogen-bond acceptors (Lipinski definition) is 1. The standard InChI is InChI=1S/C13H11BrF2S/c1-2-8-5-6-17-13(8)12(14)10-4-3-9(15)7-11(10)16/h3-7,12H,2H2,1H3. The molecular formula is C13H11BrF2S. The van der Waals surface area contributed by atoms with Crippen molar-refractivity contribution < 1.29 is 8.78 Å². The van der Waals surface area contributed by atoms with Crippen molar-refractivity contribution >= 4 is 27.3 Å². The van der Waals surface area contributed by atoms with Gasteiger partial charge in [0, 0.05) is 16.5 Å². The molecule has 4 heteroatoms. The van der Waals surface area contributed by atoms with Crippen LogP contribution in [0.1, 0.15) is 27.8 Å². The molecule has 1 aromatic carbocycles. The minimum atomic E-state index is -0.548. The van der Waals surface area contributed by atoms with E-state index in [2.05, 4.69) is 22.9 Å². The molecule has 0 saturated heterocycles. The average Bonchev–Trinajstić information content (AvgIpc) is 2.76. The summed E-state index contributed by atoms with van der Waals surface area (Å²) in [5.41, 5.74) is 1.67. The maximum Gasteiger partial charge on any atom is 0.130 e. The normalized spacial score (nSPS) is 12.7. The highest BCUT2D eigenvalue weighted by Crippen LogP contribution is 2.37. The Hall–Kier alpha value is -0.740. The van der Waals surface area contributed by atoms with E-state index < -0.39 is 11.6 Å². The Morgan fingerprint density at radius 1 is 1.29 bits per heavy atom. The van der Waals surface area contributed by atoms with Crippen molar-refractivity contribution in [3.8, 4) is 0 Å². The first-order chi connectivity index (χ1) is 8.13. The first kappa shape index (κ1) is 12.7. The SMILES string of the molecule is CCc1ccsc1C(Br)c1ccc(F)cc1F. The summed E-state index contributed by atoms with van der Waals surface area (Å²) in [4.78, 5) is 0.871. The van der Waals surface area contributed by atoms with Crippen molar-refractivity contribution in [2.24, 2.45) is 0 Å². The Morgan fingerprint density at radius 2 is 2.06 bits per heavy atom. The van der Waals surface area contributed by atoms with Gasteiger partial charge in [0.15, 0.2) is 0 Å². The van der Waals surface area contributed by atoms with Gasteiger partial charge in [-0.2, -0.15) is 0 Å². The molecule has 0 amide bonds. The van der Waals surface area contributed by atoms with Gasteiger partial charge in [-0.1, -0.05) is 28.9 Å². The van der Waals surface area contributed by atoms with Gasteiger partial charge in [-0.05, 0) is 29.5 Å². The quantitative estimate of drug-likeness (QED) is 0.693. The van der Waals surface area contributed by atoms with Crippen molar-refractivity contribution in [1.82, 2.24) is 0 Å². The molecule has 0 aliphatic heterocycles. The molecule has 1 aromatic heterocycles. The zero-order valence-electron chi connectivity index (χ0n) is 9.21. The fourth-order valence-corrected chi connectivity index (χ4v) is 3.69. The molecule has 0 spiro atoms. The highest BCUT2D eigenvalue weighted by Gasteiger charge is 2.18. The highest BCUT2D eigenvalue weighted by molar-refractivity contribution is 9.09. The summed E-state index contributed by atoms with van der Waals surface area (Å²) in [6, 6.07) is 5.73. The van der Waals surface area contributed by atoms with Gasteiger partial charge in [0.2, 0.25) is 0 Å². The topological polar surface area (TPSA) is 0 Å². The lowest BCUT2D eigenvalue weighted by molar-refractivity contribution is 0.574. The minimum Gasteiger partial charge on any atom is -0.207 e. The van der Waals surface area contributed by atoms with Crippen molar-refractivity contribution in [2.75, 3.05) is 0 Å². The van der Waals surface area contributed by atoms with Crippen molar-refractivity contribution in [3.05, 3.63) is 57.3 Å². The molecule has 0 nitrogen and oxygen atoms in total. The van der Waals surface area contributed by atoms with Crippen LogP contribution in [0.15, 0.2) is 29.6 Å². The number of thiophene rings is 1. The number of hydrogen-bond donors (Lipinski definition) is 0. The monoisotopic (exact) mass is 316 g/mol. The van der Waals surface area contributed by atoms with Crippen LogP contribution in [-0.4, -0.2) is 0 Å². The second kappa shape index (κ2) is 5.27. The van der Waals surface area contributed by atoms with Crippen LogP contribution in [0.25, 0.3) is 0 Å². The fraction of sp³-hybridized carbons (Fsp3) is 0.231. The Morgan fingerprint density at radius 3 is 2.71 bits per heavy atom. The van der Waals surface area contributed by atoms with E-state index in [-0.39, 0.29) is 4.83 Å². The molecule has 1 heterocycles. The average molecular weight is 317 g/mol. The third-order valence-corrected chi connectivity index (χ3v) is 4.91. The van der Waals surface area contributed by atoms with Crippen molar-refractivity contribution in [3.63, 3.8) is 0 Å². The van der Waals surface area contributed by atoms with Crippen LogP contribution in [-0.2, 0) is 6.42 Å². The molecule has 17 heavy (non-hydrogen) atoms. The number of benzene rings is 1. The molecule has 2 rings (SSSR count). The van der Waals surface area contributed by atoms with Gasteiger partial charge in [-0.25, -0.2) is 8.78 Å². The molecule has 0 aliphatic carbocycles. The highest BCUT2D eigenvalue weighted by atomic mass is 79.9. The lowest BCUT2D eigenvalue weighted by atomic mass is 10.1. The number of rotatable bonds is 3. The van der Waals surface area contributed by atoms with Crippen LogP contribution >= 0.6 is 27.3 Å². The molecule has 1 atom stereocenters. The molecule has 1 unspecified atom stereocenters. The Labute approximate surface area is 111 Å². The van der Waals surface area contributed by atoms with E-state index in [0.29, 0.717) is 5.56 Å². The maximum absolute atomic E-state index is 13.7. The zero-order chi connectivity index (χ0) is 12.4. The molecule has 0 bridgehead atoms. The zero-order valence-corrected chi connectivity index (χ0v) is 11.6. The first-order valence-corrected chi connectivity index (χ1v) is 7.08. The summed E-state index contributed by atoms with van der Waals surface area (Å²) in [6.45, 7) is 2.06. The Balaban J connectivity index is 2.40. The molecule has 0 aliphatic rings. The van der Waals surface area contributed by atoms with Crippen LogP contribution in [0, 0.1) is 11.6 Å². The Kier molecular flexibility index (Phi) is 3.94. The Bertz CT molecular complexity index is 522. The second-order valence-corrected chi connectivity index (χ2v) is 5.56. The van der Waals surface area contributed by atoms with Crippen LogP contribution in [0.3, 0.4) is 0 Å². The molecule has 0 N–H and O–H groups in total. The van der Waals surface area contributed by atoms with Crippen molar-refractivity contribution in [1.29, 1.82) is 0 Å². The smallest absolute Gasteiger partial charge is 0.130 e. The first-order valence-electron chi connectivity index (χ1n) is 5.28. The van der Waals surface area contributed by atoms with E-state index in [9.17, 15) is 8.78 Å². The molecule has 0 fully saturated rings. The van der Waals surface area contributed by atoms with Crippen LogP contribution in [0.5, 0.6) is 0 Å². The largest absolute Gasteiger partial charge is 0.207 e. The molecular weight excluding hydrogens is 306 g/mol. The third-order valence-electron chi connectivity index (χ3n) is 2.63. The van der Waals surface area contributed by atoms with E-state index in [1.807, 2.05) is 11.4 Å². The van der Waals surface area contributed by atoms with Crippen molar-refractivity contribution in [2.45, 2.75) is 18.2 Å². The van der Waals surface area contributed by atoms with E-state index in [1.54, 1.807) is 11.3 Å². The number of alkyl halides is 1. The molecule has 90 valence electrons.